The van der Waals surface area contributed by atoms with Gasteiger partial charge in [-0.25, -0.2) is 4.79 Å². The fourth-order valence-corrected chi connectivity index (χ4v) is 4.00. The van der Waals surface area contributed by atoms with E-state index in [0.717, 1.165) is 30.6 Å². The van der Waals surface area contributed by atoms with Gasteiger partial charge in [0.05, 0.1) is 11.6 Å². The number of nitrogens with one attached hydrogen (secondary N) is 1. The molecule has 3 amide bonds. The first kappa shape index (κ1) is 17.1. The van der Waals surface area contributed by atoms with Crippen molar-refractivity contribution in [1.29, 1.82) is 0 Å². The number of carbonyl (C=O) groups excluding carboxylic acids is 2. The van der Waals surface area contributed by atoms with Crippen molar-refractivity contribution in [2.24, 2.45) is 0 Å². The largest absolute Gasteiger partial charge is 0.491 e. The molecular weight excluding hydrogens is 334 g/mol. The number of amides is 3. The number of fused-ring (bicyclic) bond motifs is 1. The molecule has 26 heavy (non-hydrogen) atoms. The van der Waals surface area contributed by atoms with Crippen LogP contribution < -0.4 is 10.1 Å². The number of morpholine rings is 1. The number of urea groups is 1. The number of likely N-dealkylation sites (N-methyl/N-ethyl adjacent to an activating group) is 1. The molecule has 0 saturated carbocycles. The third-order valence-electron chi connectivity index (χ3n) is 5.62. The van der Waals surface area contributed by atoms with Crippen molar-refractivity contribution in [3.63, 3.8) is 0 Å². The smallest absolute Gasteiger partial charge is 0.317 e. The summed E-state index contributed by atoms with van der Waals surface area (Å²) >= 11 is 0. The molecule has 1 N–H and O–H groups in total. The lowest BCUT2D eigenvalue weighted by Crippen LogP contribution is -2.59. The van der Waals surface area contributed by atoms with E-state index < -0.39 is 0 Å². The average Bonchev–Trinajstić information content (AvgIpc) is 2.65. The predicted octanol–water partition coefficient (Wildman–Crippen LogP) is 1.02. The summed E-state index contributed by atoms with van der Waals surface area (Å²) in [5.74, 6) is 0.930. The van der Waals surface area contributed by atoms with E-state index >= 15 is 0 Å². The van der Waals surface area contributed by atoms with Crippen LogP contribution in [0.4, 0.5) is 4.79 Å². The van der Waals surface area contributed by atoms with Gasteiger partial charge in [-0.3, -0.25) is 4.79 Å². The molecule has 0 bridgehead atoms. The Morgan fingerprint density at radius 3 is 2.81 bits per heavy atom. The van der Waals surface area contributed by atoms with Gasteiger partial charge in [0.2, 0.25) is 5.91 Å². The van der Waals surface area contributed by atoms with E-state index in [1.807, 2.05) is 36.2 Å². The highest BCUT2D eigenvalue weighted by Crippen LogP contribution is 2.30. The van der Waals surface area contributed by atoms with E-state index in [1.165, 1.54) is 0 Å². The minimum absolute atomic E-state index is 0.0111. The van der Waals surface area contributed by atoms with Crippen molar-refractivity contribution in [2.45, 2.75) is 30.9 Å². The van der Waals surface area contributed by atoms with Gasteiger partial charge < -0.3 is 24.6 Å². The number of nitrogens with zero attached hydrogens (tertiary/aromatic N) is 2. The molecule has 1 aromatic rings. The van der Waals surface area contributed by atoms with Crippen LogP contribution in [0.3, 0.4) is 0 Å². The minimum Gasteiger partial charge on any atom is -0.491 e. The maximum Gasteiger partial charge on any atom is 0.317 e. The molecule has 1 atom stereocenters. The van der Waals surface area contributed by atoms with Crippen molar-refractivity contribution in [3.8, 4) is 5.75 Å². The maximum absolute atomic E-state index is 12.6. The van der Waals surface area contributed by atoms with Crippen LogP contribution in [-0.2, 0) is 16.0 Å². The first-order valence-corrected chi connectivity index (χ1v) is 9.19. The molecule has 7 heteroatoms. The van der Waals surface area contributed by atoms with Crippen molar-refractivity contribution >= 4 is 11.9 Å². The Morgan fingerprint density at radius 2 is 2.04 bits per heavy atom. The normalized spacial score (nSPS) is 24.8. The fourth-order valence-electron chi connectivity index (χ4n) is 4.00. The Morgan fingerprint density at radius 1 is 1.27 bits per heavy atom. The number of ether oxygens (including phenoxy) is 2. The summed E-state index contributed by atoms with van der Waals surface area (Å²) in [6.07, 6.45) is 2.29. The van der Waals surface area contributed by atoms with Gasteiger partial charge in [0.1, 0.15) is 19.0 Å². The van der Waals surface area contributed by atoms with E-state index in [4.69, 9.17) is 9.47 Å². The molecule has 0 radical (unpaired) electrons. The minimum atomic E-state index is -0.299. The summed E-state index contributed by atoms with van der Waals surface area (Å²) in [7, 11) is 1.81. The number of hydrogen-bond acceptors (Lipinski definition) is 4. The highest BCUT2D eigenvalue weighted by molar-refractivity contribution is 5.78. The lowest BCUT2D eigenvalue weighted by atomic mass is 9.89. The van der Waals surface area contributed by atoms with Crippen LogP contribution in [0, 0.1) is 0 Å². The van der Waals surface area contributed by atoms with Crippen LogP contribution in [-0.4, -0.2) is 73.3 Å². The monoisotopic (exact) mass is 359 g/mol. The van der Waals surface area contributed by atoms with Crippen LogP contribution in [0.2, 0.25) is 0 Å². The Bertz CT molecular complexity index is 700. The fraction of sp³-hybridized carbons (Fsp3) is 0.579. The summed E-state index contributed by atoms with van der Waals surface area (Å²) < 4.78 is 11.6. The number of likely N-dealkylation sites (tertiary alicyclic amines) is 1. The topological polar surface area (TPSA) is 71.1 Å². The van der Waals surface area contributed by atoms with E-state index in [2.05, 4.69) is 5.32 Å². The van der Waals surface area contributed by atoms with Crippen molar-refractivity contribution < 1.29 is 19.1 Å². The number of piperidine rings is 1. The zero-order valence-corrected chi connectivity index (χ0v) is 15.1. The van der Waals surface area contributed by atoms with Crippen LogP contribution in [0.25, 0.3) is 0 Å². The van der Waals surface area contributed by atoms with E-state index in [0.29, 0.717) is 26.2 Å². The van der Waals surface area contributed by atoms with Crippen LogP contribution >= 0.6 is 0 Å². The molecule has 1 aromatic carbocycles. The van der Waals surface area contributed by atoms with Gasteiger partial charge >= 0.3 is 6.03 Å². The molecule has 7 nitrogen and oxygen atoms in total. The van der Waals surface area contributed by atoms with Gasteiger partial charge in [0, 0.05) is 26.7 Å². The number of benzene rings is 1. The lowest BCUT2D eigenvalue weighted by Gasteiger charge is -2.46. The molecule has 4 rings (SSSR count). The second-order valence-corrected chi connectivity index (χ2v) is 7.48. The number of hydrogen-bond donors (Lipinski definition) is 1. The number of rotatable bonds is 1. The third-order valence-corrected chi connectivity index (χ3v) is 5.62. The van der Waals surface area contributed by atoms with Gasteiger partial charge in [-0.2, -0.15) is 0 Å². The Balaban J connectivity index is 1.30. The third kappa shape index (κ3) is 3.35. The molecule has 3 aliphatic rings. The van der Waals surface area contributed by atoms with Crippen molar-refractivity contribution in [1.82, 2.24) is 15.1 Å². The van der Waals surface area contributed by atoms with E-state index in [1.54, 1.807) is 4.90 Å². The van der Waals surface area contributed by atoms with Crippen molar-refractivity contribution in [3.05, 3.63) is 29.8 Å². The van der Waals surface area contributed by atoms with Gasteiger partial charge in [-0.05, 0) is 30.9 Å². The molecule has 2 saturated heterocycles. The highest BCUT2D eigenvalue weighted by atomic mass is 16.5. The molecule has 0 aromatic heterocycles. The second kappa shape index (κ2) is 6.79. The van der Waals surface area contributed by atoms with Gasteiger partial charge in [0.25, 0.3) is 0 Å². The van der Waals surface area contributed by atoms with Gasteiger partial charge in [-0.15, -0.1) is 0 Å². The zero-order valence-electron chi connectivity index (χ0n) is 15.1. The standard InChI is InChI=1S/C19H25N3O4/c1-21-13-19(26-12-17(21)23)6-8-22(9-7-19)18(24)20-15-10-14-4-2-3-5-16(14)25-11-15/h2-5,15H,6-13H2,1H3,(H,20,24). The maximum atomic E-state index is 12.6. The summed E-state index contributed by atoms with van der Waals surface area (Å²) in [6.45, 7) is 2.52. The number of carbonyl (C=O) groups is 2. The molecule has 3 heterocycles. The highest BCUT2D eigenvalue weighted by Gasteiger charge is 2.42. The molecule has 3 aliphatic heterocycles. The molecule has 140 valence electrons. The zero-order chi connectivity index (χ0) is 18.1. The van der Waals surface area contributed by atoms with E-state index in [9.17, 15) is 9.59 Å². The average molecular weight is 359 g/mol. The predicted molar refractivity (Wildman–Crippen MR) is 95.1 cm³/mol. The first-order chi connectivity index (χ1) is 12.5. The quantitative estimate of drug-likeness (QED) is 0.813. The lowest BCUT2D eigenvalue weighted by molar-refractivity contribution is -0.167. The molecule has 0 aliphatic carbocycles. The van der Waals surface area contributed by atoms with Gasteiger partial charge in [0.15, 0.2) is 0 Å². The number of para-hydroxylation sites is 1. The second-order valence-electron chi connectivity index (χ2n) is 7.48. The Kier molecular flexibility index (Phi) is 4.48. The van der Waals surface area contributed by atoms with Gasteiger partial charge in [-0.1, -0.05) is 18.2 Å². The van der Waals surface area contributed by atoms with Crippen LogP contribution in [0.15, 0.2) is 24.3 Å². The van der Waals surface area contributed by atoms with E-state index in [-0.39, 0.29) is 30.2 Å². The summed E-state index contributed by atoms with van der Waals surface area (Å²) in [5.41, 5.74) is 0.830. The van der Waals surface area contributed by atoms with Crippen LogP contribution in [0.1, 0.15) is 18.4 Å². The summed E-state index contributed by atoms with van der Waals surface area (Å²) in [4.78, 5) is 27.8. The summed E-state index contributed by atoms with van der Waals surface area (Å²) in [5, 5.41) is 3.09. The Hall–Kier alpha value is -2.28. The molecule has 1 spiro atoms. The van der Waals surface area contributed by atoms with Crippen molar-refractivity contribution in [2.75, 3.05) is 39.9 Å². The SMILES string of the molecule is CN1CC2(CCN(C(=O)NC3COc4ccccc4C3)CC2)OCC1=O. The first-order valence-electron chi connectivity index (χ1n) is 9.19. The molecule has 1 unspecified atom stereocenters. The Labute approximate surface area is 153 Å². The van der Waals surface area contributed by atoms with Crippen LogP contribution in [0.5, 0.6) is 5.75 Å². The molecular formula is C19H25N3O4. The molecule has 2 fully saturated rings. The summed E-state index contributed by atoms with van der Waals surface area (Å²) in [6, 6.07) is 7.89.